The first-order valence-corrected chi connectivity index (χ1v) is 5.90. The van der Waals surface area contributed by atoms with E-state index in [1.54, 1.807) is 6.26 Å². The summed E-state index contributed by atoms with van der Waals surface area (Å²) in [5.41, 5.74) is 1.20. The molecule has 0 fully saturated rings. The molecule has 0 bridgehead atoms. The quantitative estimate of drug-likeness (QED) is 0.753. The number of hydrogen-bond donors (Lipinski definition) is 0. The van der Waals surface area contributed by atoms with Crippen molar-refractivity contribution in [1.82, 2.24) is 0 Å². The number of alkyl halides is 1. The van der Waals surface area contributed by atoms with Gasteiger partial charge in [0.2, 0.25) is 0 Å². The average Bonchev–Trinajstić information content (AvgIpc) is 2.70. The fraction of sp³-hybridized carbons (Fsp3) is 0.167. The van der Waals surface area contributed by atoms with Crippen molar-refractivity contribution in [1.29, 1.82) is 0 Å². The molecule has 0 radical (unpaired) electrons. The summed E-state index contributed by atoms with van der Waals surface area (Å²) in [5.74, 6) is 0.816. The number of rotatable bonds is 3. The van der Waals surface area contributed by atoms with Crippen LogP contribution in [0.4, 0.5) is 0 Å². The van der Waals surface area contributed by atoms with Gasteiger partial charge in [-0.2, -0.15) is 0 Å². The smallest absolute Gasteiger partial charge is 0.121 e. The van der Waals surface area contributed by atoms with Gasteiger partial charge in [0.15, 0.2) is 0 Å². The fourth-order valence-electron chi connectivity index (χ4n) is 1.44. The van der Waals surface area contributed by atoms with Gasteiger partial charge in [0, 0.05) is 4.47 Å². The minimum Gasteiger partial charge on any atom is -0.468 e. The summed E-state index contributed by atoms with van der Waals surface area (Å²) in [6.45, 7) is 0. The molecule has 15 heavy (non-hydrogen) atoms. The molecule has 78 valence electrons. The van der Waals surface area contributed by atoms with Crippen LogP contribution in [0, 0.1) is 0 Å². The van der Waals surface area contributed by atoms with Crippen LogP contribution in [0.2, 0.25) is 0 Å². The Balaban J connectivity index is 2.09. The Bertz CT molecular complexity index is 425. The molecule has 0 aliphatic heterocycles. The van der Waals surface area contributed by atoms with E-state index in [1.807, 2.05) is 24.3 Å². The van der Waals surface area contributed by atoms with Crippen LogP contribution in [0.3, 0.4) is 0 Å². The fourth-order valence-corrected chi connectivity index (χ4v) is 2.19. The van der Waals surface area contributed by atoms with Crippen molar-refractivity contribution in [3.8, 4) is 0 Å². The third kappa shape index (κ3) is 2.86. The molecule has 2 aromatic rings. The molecule has 0 saturated carbocycles. The highest BCUT2D eigenvalue weighted by molar-refractivity contribution is 9.10. The predicted octanol–water partition coefficient (Wildman–Crippen LogP) is 4.56. The van der Waals surface area contributed by atoms with Crippen LogP contribution < -0.4 is 0 Å². The maximum atomic E-state index is 6.23. The van der Waals surface area contributed by atoms with E-state index in [2.05, 4.69) is 28.1 Å². The second-order valence-electron chi connectivity index (χ2n) is 3.32. The zero-order valence-corrected chi connectivity index (χ0v) is 10.3. The lowest BCUT2D eigenvalue weighted by Gasteiger charge is -2.06. The van der Waals surface area contributed by atoms with Gasteiger partial charge in [-0.15, -0.1) is 11.6 Å². The Morgan fingerprint density at radius 3 is 2.80 bits per heavy atom. The van der Waals surface area contributed by atoms with Gasteiger partial charge in [0.05, 0.1) is 11.6 Å². The van der Waals surface area contributed by atoms with Crippen molar-refractivity contribution in [3.05, 3.63) is 58.5 Å². The predicted molar refractivity (Wildman–Crippen MR) is 65.1 cm³/mol. The molecular formula is C12H10BrClO. The minimum atomic E-state index is -0.103. The number of furan rings is 1. The van der Waals surface area contributed by atoms with Gasteiger partial charge >= 0.3 is 0 Å². The summed E-state index contributed by atoms with van der Waals surface area (Å²) >= 11 is 9.66. The maximum absolute atomic E-state index is 6.23. The molecule has 1 aromatic carbocycles. The van der Waals surface area contributed by atoms with Gasteiger partial charge in [-0.3, -0.25) is 0 Å². The Hall–Kier alpha value is -0.730. The summed E-state index contributed by atoms with van der Waals surface area (Å²) in [4.78, 5) is 0. The maximum Gasteiger partial charge on any atom is 0.121 e. The number of hydrogen-bond acceptors (Lipinski definition) is 1. The molecule has 1 unspecified atom stereocenters. The van der Waals surface area contributed by atoms with E-state index in [1.165, 1.54) is 5.56 Å². The highest BCUT2D eigenvalue weighted by Gasteiger charge is 2.11. The van der Waals surface area contributed by atoms with Crippen LogP contribution in [0.25, 0.3) is 0 Å². The van der Waals surface area contributed by atoms with Crippen LogP contribution >= 0.6 is 27.5 Å². The molecule has 1 aromatic heterocycles. The van der Waals surface area contributed by atoms with Gasteiger partial charge in [-0.1, -0.05) is 28.1 Å². The van der Waals surface area contributed by atoms with E-state index in [0.29, 0.717) is 0 Å². The van der Waals surface area contributed by atoms with E-state index in [0.717, 1.165) is 16.7 Å². The van der Waals surface area contributed by atoms with Gasteiger partial charge in [0.25, 0.3) is 0 Å². The summed E-state index contributed by atoms with van der Waals surface area (Å²) in [6, 6.07) is 11.9. The first-order valence-electron chi connectivity index (χ1n) is 4.67. The van der Waals surface area contributed by atoms with Crippen molar-refractivity contribution >= 4 is 27.5 Å². The highest BCUT2D eigenvalue weighted by atomic mass is 79.9. The third-order valence-corrected chi connectivity index (χ3v) is 3.02. The normalized spacial score (nSPS) is 12.7. The zero-order valence-electron chi connectivity index (χ0n) is 7.99. The Labute approximate surface area is 102 Å². The molecule has 0 saturated heterocycles. The van der Waals surface area contributed by atoms with Crippen LogP contribution in [-0.2, 0) is 6.42 Å². The molecule has 0 aliphatic carbocycles. The average molecular weight is 286 g/mol. The molecule has 2 rings (SSSR count). The molecular weight excluding hydrogens is 275 g/mol. The SMILES string of the molecule is ClC(Cc1cccc(Br)c1)c1ccco1. The van der Waals surface area contributed by atoms with Crippen LogP contribution in [0.15, 0.2) is 51.6 Å². The van der Waals surface area contributed by atoms with Crippen LogP contribution in [-0.4, -0.2) is 0 Å². The zero-order chi connectivity index (χ0) is 10.7. The third-order valence-electron chi connectivity index (χ3n) is 2.16. The Morgan fingerprint density at radius 1 is 1.27 bits per heavy atom. The van der Waals surface area contributed by atoms with Crippen molar-refractivity contribution < 1.29 is 4.42 Å². The number of halogens is 2. The Kier molecular flexibility index (Phi) is 3.49. The summed E-state index contributed by atoms with van der Waals surface area (Å²) in [5, 5.41) is -0.103. The lowest BCUT2D eigenvalue weighted by Crippen LogP contribution is -1.93. The van der Waals surface area contributed by atoms with E-state index >= 15 is 0 Å². The molecule has 0 aliphatic rings. The molecule has 0 spiro atoms. The second-order valence-corrected chi connectivity index (χ2v) is 4.76. The van der Waals surface area contributed by atoms with Crippen molar-refractivity contribution in [3.63, 3.8) is 0 Å². The van der Waals surface area contributed by atoms with Gasteiger partial charge in [-0.25, -0.2) is 0 Å². The largest absolute Gasteiger partial charge is 0.468 e. The van der Waals surface area contributed by atoms with Crippen LogP contribution in [0.1, 0.15) is 16.7 Å². The lowest BCUT2D eigenvalue weighted by atomic mass is 10.1. The topological polar surface area (TPSA) is 13.1 Å². The van der Waals surface area contributed by atoms with Crippen molar-refractivity contribution in [2.24, 2.45) is 0 Å². The number of benzene rings is 1. The van der Waals surface area contributed by atoms with Crippen LogP contribution in [0.5, 0.6) is 0 Å². The highest BCUT2D eigenvalue weighted by Crippen LogP contribution is 2.26. The lowest BCUT2D eigenvalue weighted by molar-refractivity contribution is 0.502. The Morgan fingerprint density at radius 2 is 2.13 bits per heavy atom. The van der Waals surface area contributed by atoms with E-state index < -0.39 is 0 Å². The molecule has 0 N–H and O–H groups in total. The molecule has 1 heterocycles. The summed E-state index contributed by atoms with van der Waals surface area (Å²) in [6.07, 6.45) is 2.42. The monoisotopic (exact) mass is 284 g/mol. The molecule has 0 amide bonds. The second kappa shape index (κ2) is 4.86. The van der Waals surface area contributed by atoms with Crippen molar-refractivity contribution in [2.45, 2.75) is 11.8 Å². The molecule has 3 heteroatoms. The van der Waals surface area contributed by atoms with E-state index in [4.69, 9.17) is 16.0 Å². The van der Waals surface area contributed by atoms with E-state index in [9.17, 15) is 0 Å². The van der Waals surface area contributed by atoms with Gasteiger partial charge in [0.1, 0.15) is 5.76 Å². The van der Waals surface area contributed by atoms with Gasteiger partial charge < -0.3 is 4.42 Å². The first kappa shape index (κ1) is 10.8. The van der Waals surface area contributed by atoms with E-state index in [-0.39, 0.29) is 5.38 Å². The van der Waals surface area contributed by atoms with Gasteiger partial charge in [-0.05, 0) is 36.2 Å². The van der Waals surface area contributed by atoms with Crippen molar-refractivity contribution in [2.75, 3.05) is 0 Å². The first-order chi connectivity index (χ1) is 7.25. The molecule has 1 atom stereocenters. The standard InChI is InChI=1S/C12H10BrClO/c13-10-4-1-3-9(7-10)8-11(14)12-5-2-6-15-12/h1-7,11H,8H2. The molecule has 1 nitrogen and oxygen atoms in total. The minimum absolute atomic E-state index is 0.103. The summed E-state index contributed by atoms with van der Waals surface area (Å²) < 4.78 is 6.33. The summed E-state index contributed by atoms with van der Waals surface area (Å²) in [7, 11) is 0.